The summed E-state index contributed by atoms with van der Waals surface area (Å²) in [5.74, 6) is -0.401. The van der Waals surface area contributed by atoms with Gasteiger partial charge in [-0.1, -0.05) is 0 Å². The van der Waals surface area contributed by atoms with E-state index in [1.165, 1.54) is 4.57 Å². The second kappa shape index (κ2) is 4.89. The van der Waals surface area contributed by atoms with Gasteiger partial charge in [-0.3, -0.25) is 19.1 Å². The quantitative estimate of drug-likeness (QED) is 0.620. The van der Waals surface area contributed by atoms with Gasteiger partial charge in [0, 0.05) is 0 Å². The number of carbonyl (C=O) groups is 1. The molecule has 0 amide bonds. The van der Waals surface area contributed by atoms with Crippen LogP contribution in [0, 0.1) is 5.41 Å². The average Bonchev–Trinajstić information content (AvgIpc) is 2.62. The molecule has 0 aliphatic heterocycles. The molecule has 0 aromatic carbocycles. The van der Waals surface area contributed by atoms with E-state index in [1.807, 2.05) is 0 Å². The molecule has 0 unspecified atom stereocenters. The summed E-state index contributed by atoms with van der Waals surface area (Å²) in [6.07, 6.45) is 0. The number of anilines is 1. The second-order valence-corrected chi connectivity index (χ2v) is 5.95. The molecule has 8 nitrogen and oxygen atoms in total. The molecule has 20 heavy (non-hydrogen) atoms. The first-order chi connectivity index (χ1) is 9.20. The Hall–Kier alpha value is -1.90. The number of nitrogens with one attached hydrogen (secondary N) is 1. The van der Waals surface area contributed by atoms with Crippen molar-refractivity contribution in [3.63, 3.8) is 0 Å². The minimum absolute atomic E-state index is 0.0294. The smallest absolute Gasteiger partial charge is 0.312 e. The van der Waals surface area contributed by atoms with Crippen molar-refractivity contribution >= 4 is 39.0 Å². The van der Waals surface area contributed by atoms with Crippen LogP contribution >= 0.6 is 15.9 Å². The number of rotatable bonds is 2. The first-order valence-electron chi connectivity index (χ1n) is 5.79. The average molecular weight is 344 g/mol. The fourth-order valence-electron chi connectivity index (χ4n) is 1.46. The van der Waals surface area contributed by atoms with Gasteiger partial charge in [-0.2, -0.15) is 4.98 Å². The molecule has 2 rings (SSSR count). The Kier molecular flexibility index (Phi) is 3.55. The van der Waals surface area contributed by atoms with Gasteiger partial charge >= 0.3 is 5.97 Å². The number of ether oxygens (including phenoxy) is 1. The van der Waals surface area contributed by atoms with E-state index in [9.17, 15) is 9.59 Å². The first-order valence-corrected chi connectivity index (χ1v) is 6.58. The van der Waals surface area contributed by atoms with Crippen molar-refractivity contribution in [3.05, 3.63) is 15.1 Å². The molecule has 0 saturated carbocycles. The third-order valence-corrected chi connectivity index (χ3v) is 3.12. The number of hydrogen-bond donors (Lipinski definition) is 2. The van der Waals surface area contributed by atoms with Gasteiger partial charge in [0.1, 0.15) is 0 Å². The number of imidazole rings is 1. The second-order valence-electron chi connectivity index (χ2n) is 5.24. The molecule has 0 fully saturated rings. The number of H-pyrrole nitrogens is 1. The molecular weight excluding hydrogens is 330 g/mol. The number of esters is 1. The number of halogens is 1. The molecule has 0 spiro atoms. The Balaban J connectivity index is 2.38. The van der Waals surface area contributed by atoms with Crippen LogP contribution in [0.3, 0.4) is 0 Å². The van der Waals surface area contributed by atoms with Crippen LogP contribution in [0.15, 0.2) is 9.53 Å². The van der Waals surface area contributed by atoms with Crippen molar-refractivity contribution in [1.82, 2.24) is 19.5 Å². The lowest BCUT2D eigenvalue weighted by molar-refractivity contribution is -0.156. The zero-order valence-electron chi connectivity index (χ0n) is 11.2. The molecule has 0 aliphatic carbocycles. The van der Waals surface area contributed by atoms with Gasteiger partial charge in [-0.15, -0.1) is 0 Å². The minimum atomic E-state index is -0.618. The molecule has 0 saturated heterocycles. The molecule has 0 atom stereocenters. The van der Waals surface area contributed by atoms with E-state index in [-0.39, 0.29) is 29.8 Å². The highest BCUT2D eigenvalue weighted by atomic mass is 79.9. The van der Waals surface area contributed by atoms with Gasteiger partial charge in [0.05, 0.1) is 5.41 Å². The lowest BCUT2D eigenvalue weighted by Crippen LogP contribution is -2.24. The molecule has 2 aromatic heterocycles. The zero-order valence-corrected chi connectivity index (χ0v) is 12.8. The van der Waals surface area contributed by atoms with Gasteiger partial charge in [0.2, 0.25) is 5.95 Å². The summed E-state index contributed by atoms with van der Waals surface area (Å²) < 4.78 is 6.96. The topological polar surface area (TPSA) is 116 Å². The SMILES string of the molecule is CC(C)(C)C(=O)OCn1c(Br)nc2c(=O)[nH]c(N)nc21. The summed E-state index contributed by atoms with van der Waals surface area (Å²) in [6.45, 7) is 5.13. The van der Waals surface area contributed by atoms with E-state index in [2.05, 4.69) is 30.9 Å². The zero-order chi connectivity index (χ0) is 15.1. The van der Waals surface area contributed by atoms with Crippen LogP contribution in [0.2, 0.25) is 0 Å². The predicted molar refractivity (Wildman–Crippen MR) is 75.8 cm³/mol. The number of fused-ring (bicyclic) bond motifs is 1. The highest BCUT2D eigenvalue weighted by Gasteiger charge is 2.24. The maximum absolute atomic E-state index is 11.8. The summed E-state index contributed by atoms with van der Waals surface area (Å²) in [6, 6.07) is 0. The van der Waals surface area contributed by atoms with Gasteiger partial charge < -0.3 is 10.5 Å². The summed E-state index contributed by atoms with van der Waals surface area (Å²) in [5, 5.41) is 0. The van der Waals surface area contributed by atoms with Gasteiger partial charge in [-0.25, -0.2) is 4.98 Å². The Morgan fingerprint density at radius 3 is 2.70 bits per heavy atom. The molecule has 0 bridgehead atoms. The minimum Gasteiger partial charge on any atom is -0.443 e. The Morgan fingerprint density at radius 2 is 2.10 bits per heavy atom. The standard InChI is InChI=1S/C11H14BrN5O3/c1-11(2,3)8(19)20-4-17-6-5(14-9(17)12)7(18)16-10(13)15-6/h4H2,1-3H3,(H3,13,15,16,18). The van der Waals surface area contributed by atoms with E-state index in [0.717, 1.165) is 0 Å². The molecular formula is C11H14BrN5O3. The fourth-order valence-corrected chi connectivity index (χ4v) is 1.90. The lowest BCUT2D eigenvalue weighted by Gasteiger charge is -2.17. The maximum atomic E-state index is 11.8. The van der Waals surface area contributed by atoms with Crippen LogP contribution in [-0.2, 0) is 16.3 Å². The molecule has 9 heteroatoms. The van der Waals surface area contributed by atoms with Crippen LogP contribution < -0.4 is 11.3 Å². The highest BCUT2D eigenvalue weighted by molar-refractivity contribution is 9.10. The van der Waals surface area contributed by atoms with Crippen LogP contribution in [0.1, 0.15) is 20.8 Å². The largest absolute Gasteiger partial charge is 0.443 e. The molecule has 3 N–H and O–H groups in total. The third-order valence-electron chi connectivity index (χ3n) is 2.51. The van der Waals surface area contributed by atoms with E-state index in [4.69, 9.17) is 10.5 Å². The van der Waals surface area contributed by atoms with Crippen molar-refractivity contribution in [3.8, 4) is 0 Å². The molecule has 108 valence electrons. The highest BCUT2D eigenvalue weighted by Crippen LogP contribution is 2.19. The molecule has 2 aromatic rings. The van der Waals surface area contributed by atoms with Crippen molar-refractivity contribution in [2.75, 3.05) is 5.73 Å². The van der Waals surface area contributed by atoms with Crippen molar-refractivity contribution in [2.45, 2.75) is 27.5 Å². The van der Waals surface area contributed by atoms with Crippen molar-refractivity contribution < 1.29 is 9.53 Å². The number of nitrogens with zero attached hydrogens (tertiary/aromatic N) is 3. The van der Waals surface area contributed by atoms with Gasteiger partial charge in [0.25, 0.3) is 5.56 Å². The first kappa shape index (κ1) is 14.5. The lowest BCUT2D eigenvalue weighted by atomic mass is 9.98. The third kappa shape index (κ3) is 2.67. The normalized spacial score (nSPS) is 11.8. The van der Waals surface area contributed by atoms with E-state index >= 15 is 0 Å². The Morgan fingerprint density at radius 1 is 1.45 bits per heavy atom. The summed E-state index contributed by atoms with van der Waals surface area (Å²) in [5.41, 5.74) is 4.80. The number of carbonyl (C=O) groups excluding carboxylic acids is 1. The number of hydrogen-bond acceptors (Lipinski definition) is 6. The summed E-state index contributed by atoms with van der Waals surface area (Å²) in [7, 11) is 0. The number of aromatic nitrogens is 4. The molecule has 2 heterocycles. The Bertz CT molecular complexity index is 728. The summed E-state index contributed by atoms with van der Waals surface area (Å²) >= 11 is 3.20. The van der Waals surface area contributed by atoms with Gasteiger partial charge in [0.15, 0.2) is 22.6 Å². The molecule has 0 aliphatic rings. The van der Waals surface area contributed by atoms with Crippen LogP contribution in [-0.4, -0.2) is 25.5 Å². The van der Waals surface area contributed by atoms with Gasteiger partial charge in [-0.05, 0) is 36.7 Å². The van der Waals surface area contributed by atoms with Crippen molar-refractivity contribution in [2.24, 2.45) is 5.41 Å². The number of nitrogens with two attached hydrogens (primary N) is 1. The Labute approximate surface area is 122 Å². The number of nitrogen functional groups attached to an aromatic ring is 1. The van der Waals surface area contributed by atoms with E-state index in [0.29, 0.717) is 4.73 Å². The van der Waals surface area contributed by atoms with Crippen molar-refractivity contribution in [1.29, 1.82) is 0 Å². The van der Waals surface area contributed by atoms with Crippen LogP contribution in [0.5, 0.6) is 0 Å². The van der Waals surface area contributed by atoms with Crippen LogP contribution in [0.4, 0.5) is 5.95 Å². The van der Waals surface area contributed by atoms with E-state index in [1.54, 1.807) is 20.8 Å². The molecule has 0 radical (unpaired) electrons. The monoisotopic (exact) mass is 343 g/mol. The predicted octanol–water partition coefficient (Wildman–Crippen LogP) is 1.01. The van der Waals surface area contributed by atoms with Crippen LogP contribution in [0.25, 0.3) is 11.2 Å². The van der Waals surface area contributed by atoms with E-state index < -0.39 is 11.0 Å². The maximum Gasteiger partial charge on any atom is 0.312 e. The number of aromatic amines is 1. The fraction of sp³-hybridized carbons (Fsp3) is 0.455. The summed E-state index contributed by atoms with van der Waals surface area (Å²) in [4.78, 5) is 33.8.